The molecule has 0 aromatic heterocycles. The van der Waals surface area contributed by atoms with Crippen molar-refractivity contribution < 1.29 is 22.7 Å². The Morgan fingerprint density at radius 3 is 2.33 bits per heavy atom. The molecule has 2 aliphatic rings. The van der Waals surface area contributed by atoms with Crippen molar-refractivity contribution >= 4 is 15.9 Å². The van der Waals surface area contributed by atoms with Crippen LogP contribution in [-0.4, -0.2) is 62.6 Å². The number of carbonyl (C=O) groups is 1. The number of benzene rings is 1. The molecule has 1 aromatic rings. The van der Waals surface area contributed by atoms with Gasteiger partial charge in [0.2, 0.25) is 15.9 Å². The molecule has 7 nitrogen and oxygen atoms in total. The first-order chi connectivity index (χ1) is 11.4. The molecule has 1 spiro atoms. The summed E-state index contributed by atoms with van der Waals surface area (Å²) >= 11 is 0. The van der Waals surface area contributed by atoms with Crippen molar-refractivity contribution in [1.82, 2.24) is 9.21 Å². The van der Waals surface area contributed by atoms with E-state index in [0.717, 1.165) is 0 Å². The van der Waals surface area contributed by atoms with E-state index in [0.29, 0.717) is 44.8 Å². The quantitative estimate of drug-likeness (QED) is 0.811. The highest BCUT2D eigenvalue weighted by molar-refractivity contribution is 7.89. The molecule has 24 heavy (non-hydrogen) atoms. The molecule has 1 amide bonds. The molecule has 0 atom stereocenters. The maximum absolute atomic E-state index is 13.0. The second-order valence-corrected chi connectivity index (χ2v) is 7.92. The van der Waals surface area contributed by atoms with Gasteiger partial charge in [0.25, 0.3) is 0 Å². The zero-order valence-corrected chi connectivity index (χ0v) is 14.7. The van der Waals surface area contributed by atoms with Crippen molar-refractivity contribution in [3.05, 3.63) is 24.3 Å². The molecule has 0 unspecified atom stereocenters. The molecular formula is C16H22N2O5S. The Bertz CT molecular complexity index is 708. The first kappa shape index (κ1) is 17.2. The fraction of sp³-hybridized carbons (Fsp3) is 0.562. The van der Waals surface area contributed by atoms with Crippen molar-refractivity contribution in [3.8, 4) is 5.75 Å². The predicted molar refractivity (Wildman–Crippen MR) is 87.1 cm³/mol. The number of carbonyl (C=O) groups excluding carboxylic acids is 1. The second-order valence-electron chi connectivity index (χ2n) is 6.05. The highest BCUT2D eigenvalue weighted by atomic mass is 32.2. The third-order valence-corrected chi connectivity index (χ3v) is 6.72. The van der Waals surface area contributed by atoms with Crippen LogP contribution in [0.2, 0.25) is 0 Å². The summed E-state index contributed by atoms with van der Waals surface area (Å²) < 4.78 is 38.5. The van der Waals surface area contributed by atoms with Gasteiger partial charge in [-0.1, -0.05) is 0 Å². The molecule has 0 saturated carbocycles. The van der Waals surface area contributed by atoms with Crippen LogP contribution in [0.1, 0.15) is 19.8 Å². The van der Waals surface area contributed by atoms with Gasteiger partial charge in [0.1, 0.15) is 11.5 Å². The summed E-state index contributed by atoms with van der Waals surface area (Å²) in [4.78, 5) is 13.5. The zero-order chi connectivity index (χ0) is 17.4. The van der Waals surface area contributed by atoms with Crippen LogP contribution in [0.3, 0.4) is 0 Å². The molecule has 0 aliphatic carbocycles. The molecule has 132 valence electrons. The molecule has 8 heteroatoms. The monoisotopic (exact) mass is 354 g/mol. The summed E-state index contributed by atoms with van der Waals surface area (Å²) in [5.74, 6) is 0.614. The van der Waals surface area contributed by atoms with Crippen molar-refractivity contribution in [2.75, 3.05) is 33.4 Å². The fourth-order valence-electron chi connectivity index (χ4n) is 3.37. The summed E-state index contributed by atoms with van der Waals surface area (Å²) in [7, 11) is -2.12. The summed E-state index contributed by atoms with van der Waals surface area (Å²) in [6.45, 7) is 3.23. The van der Waals surface area contributed by atoms with Crippen LogP contribution in [0.4, 0.5) is 0 Å². The van der Waals surface area contributed by atoms with Crippen LogP contribution in [0.15, 0.2) is 29.2 Å². The van der Waals surface area contributed by atoms with E-state index in [1.54, 1.807) is 29.2 Å². The van der Waals surface area contributed by atoms with E-state index in [1.165, 1.54) is 18.3 Å². The smallest absolute Gasteiger partial charge is 0.245 e. The highest BCUT2D eigenvalue weighted by Gasteiger charge is 2.50. The van der Waals surface area contributed by atoms with Crippen LogP contribution in [-0.2, 0) is 19.6 Å². The number of rotatable bonds is 3. The normalized spacial score (nSPS) is 21.2. The molecule has 2 heterocycles. The van der Waals surface area contributed by atoms with E-state index >= 15 is 0 Å². The Kier molecular flexibility index (Phi) is 4.54. The average molecular weight is 354 g/mol. The molecule has 0 bridgehead atoms. The molecule has 0 N–H and O–H groups in total. The zero-order valence-electron chi connectivity index (χ0n) is 13.9. The van der Waals surface area contributed by atoms with Gasteiger partial charge in [-0.2, -0.15) is 4.31 Å². The van der Waals surface area contributed by atoms with Gasteiger partial charge in [-0.15, -0.1) is 0 Å². The van der Waals surface area contributed by atoms with Crippen molar-refractivity contribution in [1.29, 1.82) is 0 Å². The van der Waals surface area contributed by atoms with Crippen LogP contribution in [0.5, 0.6) is 5.75 Å². The van der Waals surface area contributed by atoms with Crippen LogP contribution >= 0.6 is 0 Å². The number of hydrogen-bond acceptors (Lipinski definition) is 5. The fourth-order valence-corrected chi connectivity index (χ4v) is 5.10. The number of methoxy groups -OCH3 is 1. The summed E-state index contributed by atoms with van der Waals surface area (Å²) in [5, 5.41) is 0. The maximum Gasteiger partial charge on any atom is 0.245 e. The standard InChI is InChI=1S/C16H22N2O5S/c1-13(19)17-9-7-16(8-10-17)18(11-12-23-16)24(20,21)15-5-3-14(22-2)4-6-15/h3-6H,7-12H2,1-2H3. The van der Waals surface area contributed by atoms with Gasteiger partial charge in [-0.3, -0.25) is 4.79 Å². The van der Waals surface area contributed by atoms with Crippen molar-refractivity contribution in [3.63, 3.8) is 0 Å². The Balaban J connectivity index is 1.85. The van der Waals surface area contributed by atoms with E-state index in [9.17, 15) is 13.2 Å². The minimum atomic E-state index is -3.66. The van der Waals surface area contributed by atoms with Gasteiger partial charge in [-0.25, -0.2) is 8.42 Å². The highest BCUT2D eigenvalue weighted by Crippen LogP contribution is 2.38. The lowest BCUT2D eigenvalue weighted by atomic mass is 10.0. The topological polar surface area (TPSA) is 76.2 Å². The number of sulfonamides is 1. The van der Waals surface area contributed by atoms with Crippen molar-refractivity contribution in [2.24, 2.45) is 0 Å². The van der Waals surface area contributed by atoms with Crippen LogP contribution in [0, 0.1) is 0 Å². The molecular weight excluding hydrogens is 332 g/mol. The van der Waals surface area contributed by atoms with Crippen LogP contribution in [0.25, 0.3) is 0 Å². The predicted octanol–water partition coefficient (Wildman–Crippen LogP) is 1.05. The first-order valence-corrected chi connectivity index (χ1v) is 9.39. The lowest BCUT2D eigenvalue weighted by Gasteiger charge is -2.42. The molecule has 1 aromatic carbocycles. The lowest BCUT2D eigenvalue weighted by molar-refractivity contribution is -0.137. The molecule has 2 saturated heterocycles. The molecule has 2 fully saturated rings. The summed E-state index contributed by atoms with van der Waals surface area (Å²) in [6.07, 6.45) is 0.976. The Hall–Kier alpha value is -1.64. The van der Waals surface area contributed by atoms with E-state index in [4.69, 9.17) is 9.47 Å². The minimum absolute atomic E-state index is 0.00686. The van der Waals surface area contributed by atoms with Gasteiger partial charge >= 0.3 is 0 Å². The van der Waals surface area contributed by atoms with Gasteiger partial charge in [-0.05, 0) is 24.3 Å². The third kappa shape index (κ3) is 2.89. The second kappa shape index (κ2) is 6.34. The maximum atomic E-state index is 13.0. The van der Waals surface area contributed by atoms with Gasteiger partial charge in [0.15, 0.2) is 0 Å². The third-order valence-electron chi connectivity index (χ3n) is 4.76. The number of likely N-dealkylation sites (tertiary alicyclic amines) is 1. The Labute approximate surface area is 142 Å². The Morgan fingerprint density at radius 2 is 1.79 bits per heavy atom. The van der Waals surface area contributed by atoms with Gasteiger partial charge in [0.05, 0.1) is 18.6 Å². The minimum Gasteiger partial charge on any atom is -0.497 e. The first-order valence-electron chi connectivity index (χ1n) is 7.95. The lowest BCUT2D eigenvalue weighted by Crippen LogP contribution is -2.55. The SMILES string of the molecule is COc1ccc(S(=O)(=O)N2CCOC23CCN(C(C)=O)CC3)cc1. The van der Waals surface area contributed by atoms with Gasteiger partial charge < -0.3 is 14.4 Å². The van der Waals surface area contributed by atoms with Crippen LogP contribution < -0.4 is 4.74 Å². The molecule has 3 rings (SSSR count). The average Bonchev–Trinajstić information content (AvgIpc) is 2.99. The molecule has 0 radical (unpaired) electrons. The number of piperidine rings is 1. The Morgan fingerprint density at radius 1 is 1.17 bits per heavy atom. The van der Waals surface area contributed by atoms with E-state index < -0.39 is 15.7 Å². The molecule has 2 aliphatic heterocycles. The van der Waals surface area contributed by atoms with Gasteiger partial charge in [0, 0.05) is 39.4 Å². The summed E-state index contributed by atoms with van der Waals surface area (Å²) in [5.41, 5.74) is -0.843. The van der Waals surface area contributed by atoms with E-state index in [-0.39, 0.29) is 10.8 Å². The number of nitrogens with zero attached hydrogens (tertiary/aromatic N) is 2. The number of hydrogen-bond donors (Lipinski definition) is 0. The van der Waals surface area contributed by atoms with Crippen molar-refractivity contribution in [2.45, 2.75) is 30.4 Å². The largest absolute Gasteiger partial charge is 0.497 e. The van der Waals surface area contributed by atoms with E-state index in [2.05, 4.69) is 0 Å². The number of ether oxygens (including phenoxy) is 2. The summed E-state index contributed by atoms with van der Waals surface area (Å²) in [6, 6.07) is 6.36. The van der Waals surface area contributed by atoms with E-state index in [1.807, 2.05) is 0 Å². The number of amides is 1.